The maximum atomic E-state index is 2.40. The van der Waals surface area contributed by atoms with Gasteiger partial charge in [0.25, 0.3) is 0 Å². The largest absolute Gasteiger partial charge is 0.0683 e. The van der Waals surface area contributed by atoms with Gasteiger partial charge >= 0.3 is 0 Å². The van der Waals surface area contributed by atoms with Crippen molar-refractivity contribution >= 4 is 0 Å². The first-order chi connectivity index (χ1) is 6.71. The van der Waals surface area contributed by atoms with Crippen molar-refractivity contribution in [2.24, 2.45) is 16.7 Å². The molecule has 0 aliphatic heterocycles. The average molecular weight is 214 g/mol. The highest BCUT2D eigenvalue weighted by Gasteiger charge is 2.30. The first-order valence-corrected chi connectivity index (χ1v) is 6.71. The lowest BCUT2D eigenvalue weighted by molar-refractivity contribution is 0.131. The van der Waals surface area contributed by atoms with Crippen molar-refractivity contribution in [1.82, 2.24) is 0 Å². The molecule has 0 aliphatic rings. The van der Waals surface area contributed by atoms with Crippen LogP contribution in [0.25, 0.3) is 0 Å². The Hall–Kier alpha value is 0. The van der Waals surface area contributed by atoms with Gasteiger partial charge in [-0.1, -0.05) is 68.7 Å². The number of hydrogen-bond acceptors (Lipinski definition) is 0. The first-order valence-electron chi connectivity index (χ1n) is 6.71. The van der Waals surface area contributed by atoms with Gasteiger partial charge in [0.15, 0.2) is 0 Å². The summed E-state index contributed by atoms with van der Waals surface area (Å²) in [4.78, 5) is 0. The smallest absolute Gasteiger partial charge is 0.0326 e. The van der Waals surface area contributed by atoms with Gasteiger partial charge in [0.2, 0.25) is 0 Å². The molecule has 0 bridgehead atoms. The fourth-order valence-corrected chi connectivity index (χ4v) is 2.20. The number of rotatable bonds is 5. The summed E-state index contributed by atoms with van der Waals surface area (Å²) in [5, 5.41) is 0. The van der Waals surface area contributed by atoms with E-state index < -0.39 is 0 Å². The van der Waals surface area contributed by atoms with Crippen LogP contribution in [0.5, 0.6) is 0 Å². The van der Waals surface area contributed by atoms with Crippen molar-refractivity contribution in [2.45, 2.75) is 81.6 Å². The van der Waals surface area contributed by atoms with Gasteiger partial charge < -0.3 is 0 Å². The van der Waals surface area contributed by atoms with Crippen molar-refractivity contribution in [3.63, 3.8) is 0 Å². The van der Waals surface area contributed by atoms with Crippen LogP contribution in [0, 0.1) is 16.7 Å². The molecule has 0 radical (unpaired) electrons. The lowest BCUT2D eigenvalue weighted by Crippen LogP contribution is -2.27. The normalized spacial score (nSPS) is 12.4. The molecule has 0 aromatic rings. The van der Waals surface area contributed by atoms with Crippen LogP contribution in [0.4, 0.5) is 0 Å². The van der Waals surface area contributed by atoms with Gasteiger partial charge in [0.1, 0.15) is 0 Å². The van der Waals surface area contributed by atoms with Gasteiger partial charge in [0, 0.05) is 0 Å². The summed E-state index contributed by atoms with van der Waals surface area (Å²) in [6, 6.07) is 0. The molecule has 0 saturated heterocycles. The summed E-state index contributed by atoms with van der Waals surface area (Å²) in [5.41, 5.74) is 1.00. The molecule has 0 unspecified atom stereocenters. The Morgan fingerprint density at radius 2 is 1.33 bits per heavy atom. The fraction of sp³-hybridized carbons (Fsp3) is 1.00. The molecule has 94 valence electrons. The number of hydrogen-bond donors (Lipinski definition) is 0. The van der Waals surface area contributed by atoms with E-state index in [-0.39, 0.29) is 0 Å². The molecule has 0 heterocycles. The van der Waals surface area contributed by atoms with Crippen molar-refractivity contribution < 1.29 is 0 Å². The second-order valence-electron chi connectivity index (χ2n) is 6.23. The molecule has 0 amide bonds. The minimum atomic E-state index is 0.485. The van der Waals surface area contributed by atoms with Crippen LogP contribution < -0.4 is 0 Å². The topological polar surface area (TPSA) is 0 Å². The predicted molar refractivity (Wildman–Crippen MR) is 73.3 cm³/mol. The van der Waals surface area contributed by atoms with Crippen LogP contribution in [-0.2, 0) is 0 Å². The van der Waals surface area contributed by atoms with Crippen molar-refractivity contribution in [3.05, 3.63) is 0 Å². The zero-order valence-corrected chi connectivity index (χ0v) is 12.7. The second kappa shape index (κ2) is 7.30. The zero-order chi connectivity index (χ0) is 12.7. The lowest BCUT2D eigenvalue weighted by Gasteiger charge is -2.37. The van der Waals surface area contributed by atoms with E-state index in [1.165, 1.54) is 19.3 Å². The Morgan fingerprint density at radius 1 is 0.933 bits per heavy atom. The van der Waals surface area contributed by atoms with E-state index in [9.17, 15) is 0 Å². The average Bonchev–Trinajstić information content (AvgIpc) is 2.05. The molecule has 15 heavy (non-hydrogen) atoms. The molecule has 0 fully saturated rings. The highest BCUT2D eigenvalue weighted by atomic mass is 14.4. The summed E-state index contributed by atoms with van der Waals surface area (Å²) in [6.45, 7) is 20.6. The Balaban J connectivity index is 0. The molecule has 0 N–H and O–H groups in total. The predicted octanol–water partition coefficient (Wildman–Crippen LogP) is 5.91. The minimum Gasteiger partial charge on any atom is -0.0683 e. The molecular formula is C15H34. The molecule has 0 saturated carbocycles. The zero-order valence-electron chi connectivity index (χ0n) is 12.7. The second-order valence-corrected chi connectivity index (χ2v) is 6.23. The third kappa shape index (κ3) is 7.88. The van der Waals surface area contributed by atoms with Gasteiger partial charge in [-0.25, -0.2) is 0 Å². The SMILES string of the molecule is CC.CCCC(C)(C)CC(C)(C)C(C)C. The molecule has 0 aliphatic carbocycles. The quantitative estimate of drug-likeness (QED) is 0.533. The highest BCUT2D eigenvalue weighted by Crippen LogP contribution is 2.41. The van der Waals surface area contributed by atoms with E-state index in [0.29, 0.717) is 10.8 Å². The first kappa shape index (κ1) is 17.4. The van der Waals surface area contributed by atoms with Crippen LogP contribution in [0.3, 0.4) is 0 Å². The third-order valence-electron chi connectivity index (χ3n) is 3.42. The molecule has 0 atom stereocenters. The molecule has 0 aromatic carbocycles. The fourth-order valence-electron chi connectivity index (χ4n) is 2.20. The minimum absolute atomic E-state index is 0.485. The standard InChI is InChI=1S/C13H28.C2H6/c1-8-9-12(4,5)10-13(6,7)11(2)3;1-2/h11H,8-10H2,1-7H3;1-2H3. The molecule has 0 nitrogen and oxygen atoms in total. The van der Waals surface area contributed by atoms with Crippen LogP contribution in [-0.4, -0.2) is 0 Å². The summed E-state index contributed by atoms with van der Waals surface area (Å²) < 4.78 is 0. The van der Waals surface area contributed by atoms with Crippen LogP contribution in [0.1, 0.15) is 81.6 Å². The van der Waals surface area contributed by atoms with E-state index in [0.717, 1.165) is 5.92 Å². The Bertz CT molecular complexity index is 140. The lowest BCUT2D eigenvalue weighted by atomic mass is 9.68. The van der Waals surface area contributed by atoms with Crippen molar-refractivity contribution in [1.29, 1.82) is 0 Å². The molecule has 0 heteroatoms. The summed E-state index contributed by atoms with van der Waals surface area (Å²) in [6.07, 6.45) is 4.00. The summed E-state index contributed by atoms with van der Waals surface area (Å²) >= 11 is 0. The third-order valence-corrected chi connectivity index (χ3v) is 3.42. The highest BCUT2D eigenvalue weighted by molar-refractivity contribution is 4.81. The maximum Gasteiger partial charge on any atom is -0.0326 e. The van der Waals surface area contributed by atoms with Gasteiger partial charge in [-0.05, 0) is 29.6 Å². The monoisotopic (exact) mass is 214 g/mol. The van der Waals surface area contributed by atoms with E-state index in [2.05, 4.69) is 48.5 Å². The van der Waals surface area contributed by atoms with Crippen LogP contribution in [0.2, 0.25) is 0 Å². The van der Waals surface area contributed by atoms with Crippen LogP contribution in [0.15, 0.2) is 0 Å². The summed E-state index contributed by atoms with van der Waals surface area (Å²) in [7, 11) is 0. The van der Waals surface area contributed by atoms with E-state index in [4.69, 9.17) is 0 Å². The van der Waals surface area contributed by atoms with Crippen molar-refractivity contribution in [2.75, 3.05) is 0 Å². The van der Waals surface area contributed by atoms with Crippen LogP contribution >= 0.6 is 0 Å². The Kier molecular flexibility index (Phi) is 8.47. The Labute approximate surface area is 98.9 Å². The molecule has 0 aromatic heterocycles. The van der Waals surface area contributed by atoms with Gasteiger partial charge in [-0.3, -0.25) is 0 Å². The maximum absolute atomic E-state index is 2.40. The van der Waals surface area contributed by atoms with E-state index in [1.807, 2.05) is 13.8 Å². The van der Waals surface area contributed by atoms with Gasteiger partial charge in [-0.15, -0.1) is 0 Å². The van der Waals surface area contributed by atoms with Gasteiger partial charge in [0.05, 0.1) is 0 Å². The van der Waals surface area contributed by atoms with Gasteiger partial charge in [-0.2, -0.15) is 0 Å². The van der Waals surface area contributed by atoms with E-state index >= 15 is 0 Å². The molecule has 0 rings (SSSR count). The van der Waals surface area contributed by atoms with E-state index in [1.54, 1.807) is 0 Å². The molecular weight excluding hydrogens is 180 g/mol. The van der Waals surface area contributed by atoms with Crippen molar-refractivity contribution in [3.8, 4) is 0 Å². The Morgan fingerprint density at radius 3 is 1.60 bits per heavy atom. The summed E-state index contributed by atoms with van der Waals surface area (Å²) in [5.74, 6) is 0.781. The molecule has 0 spiro atoms.